The number of halogens is 1. The first-order chi connectivity index (χ1) is 11.4. The van der Waals surface area contributed by atoms with Crippen molar-refractivity contribution in [1.82, 2.24) is 14.7 Å². The van der Waals surface area contributed by atoms with E-state index >= 15 is 0 Å². The van der Waals surface area contributed by atoms with Crippen LogP contribution >= 0.6 is 11.6 Å². The Morgan fingerprint density at radius 1 is 1.38 bits per heavy atom. The molecule has 0 N–H and O–H groups in total. The zero-order chi connectivity index (χ0) is 17.7. The Hall–Kier alpha value is -1.75. The van der Waals surface area contributed by atoms with Gasteiger partial charge in [0.1, 0.15) is 0 Å². The van der Waals surface area contributed by atoms with E-state index in [0.717, 1.165) is 37.7 Å². The smallest absolute Gasteiger partial charge is 0.227 e. The number of hydrogen-bond donors (Lipinski definition) is 0. The number of hydrogen-bond acceptors (Lipinski definition) is 2. The summed E-state index contributed by atoms with van der Waals surface area (Å²) in [5.41, 5.74) is 0.962. The largest absolute Gasteiger partial charge is 0.349 e. The van der Waals surface area contributed by atoms with Crippen molar-refractivity contribution in [1.29, 1.82) is 0 Å². The van der Waals surface area contributed by atoms with Gasteiger partial charge in [-0.05, 0) is 31.5 Å². The van der Waals surface area contributed by atoms with Gasteiger partial charge in [0, 0.05) is 51.3 Å². The van der Waals surface area contributed by atoms with E-state index in [0.29, 0.717) is 11.4 Å². The molecule has 0 spiro atoms. The molecule has 1 saturated heterocycles. The van der Waals surface area contributed by atoms with Crippen molar-refractivity contribution < 1.29 is 4.79 Å². The molecule has 5 nitrogen and oxygen atoms in total. The molecule has 0 radical (unpaired) electrons. The van der Waals surface area contributed by atoms with Crippen molar-refractivity contribution in [2.75, 3.05) is 40.3 Å². The Balaban J connectivity index is 2.00. The first-order valence-corrected chi connectivity index (χ1v) is 8.80. The van der Waals surface area contributed by atoms with Crippen molar-refractivity contribution in [3.8, 4) is 0 Å². The quantitative estimate of drug-likeness (QED) is 0.620. The lowest BCUT2D eigenvalue weighted by molar-refractivity contribution is -0.134. The van der Waals surface area contributed by atoms with Crippen LogP contribution in [0.2, 0.25) is 5.02 Å². The molecule has 1 aliphatic heterocycles. The van der Waals surface area contributed by atoms with Crippen molar-refractivity contribution in [2.45, 2.75) is 26.3 Å². The van der Waals surface area contributed by atoms with Crippen molar-refractivity contribution in [3.05, 3.63) is 34.9 Å². The minimum atomic E-state index is 0.156. The predicted octanol–water partition coefficient (Wildman–Crippen LogP) is 2.35. The lowest BCUT2D eigenvalue weighted by atomic mass is 10.1. The van der Waals surface area contributed by atoms with Gasteiger partial charge >= 0.3 is 0 Å². The van der Waals surface area contributed by atoms with Gasteiger partial charge in [0.15, 0.2) is 5.96 Å². The standard InChI is InChI=1S/C18H27ClN4O/c1-5-20-18(21(3)4)22-9-10-23(14(2)13-22)17(24)12-15-7-6-8-16(19)11-15/h6-8,11,14H,5,9-10,12-13H2,1-4H3. The molecule has 0 saturated carbocycles. The summed E-state index contributed by atoms with van der Waals surface area (Å²) in [5, 5.41) is 0.671. The van der Waals surface area contributed by atoms with Crippen LogP contribution < -0.4 is 0 Å². The van der Waals surface area contributed by atoms with Crippen LogP contribution in [0.25, 0.3) is 0 Å². The van der Waals surface area contributed by atoms with Crippen LogP contribution in [0.4, 0.5) is 0 Å². The molecule has 1 aromatic rings. The Labute approximate surface area is 149 Å². The first-order valence-electron chi connectivity index (χ1n) is 8.43. The summed E-state index contributed by atoms with van der Waals surface area (Å²) < 4.78 is 0. The average Bonchev–Trinajstić information content (AvgIpc) is 2.52. The fourth-order valence-corrected chi connectivity index (χ4v) is 3.31. The van der Waals surface area contributed by atoms with Gasteiger partial charge in [-0.15, -0.1) is 0 Å². The Morgan fingerprint density at radius 2 is 2.12 bits per heavy atom. The molecule has 0 aromatic heterocycles. The Bertz CT molecular complexity index is 602. The maximum Gasteiger partial charge on any atom is 0.227 e. The number of guanidine groups is 1. The minimum Gasteiger partial charge on any atom is -0.349 e. The van der Waals surface area contributed by atoms with E-state index in [4.69, 9.17) is 11.6 Å². The normalized spacial score (nSPS) is 18.7. The lowest BCUT2D eigenvalue weighted by Gasteiger charge is -2.42. The topological polar surface area (TPSA) is 39.1 Å². The maximum absolute atomic E-state index is 12.6. The van der Waals surface area contributed by atoms with E-state index in [-0.39, 0.29) is 11.9 Å². The molecule has 6 heteroatoms. The van der Waals surface area contributed by atoms with Crippen molar-refractivity contribution >= 4 is 23.5 Å². The highest BCUT2D eigenvalue weighted by Gasteiger charge is 2.29. The molecule has 0 aliphatic carbocycles. The highest BCUT2D eigenvalue weighted by Crippen LogP contribution is 2.16. The van der Waals surface area contributed by atoms with Gasteiger partial charge < -0.3 is 14.7 Å². The lowest BCUT2D eigenvalue weighted by Crippen LogP contribution is -2.57. The third-order valence-electron chi connectivity index (χ3n) is 4.17. The highest BCUT2D eigenvalue weighted by atomic mass is 35.5. The van der Waals surface area contributed by atoms with Gasteiger partial charge in [-0.1, -0.05) is 23.7 Å². The van der Waals surface area contributed by atoms with Crippen molar-refractivity contribution in [3.63, 3.8) is 0 Å². The van der Waals surface area contributed by atoms with Crippen LogP contribution in [0.15, 0.2) is 29.3 Å². The van der Waals surface area contributed by atoms with Crippen LogP contribution in [0, 0.1) is 0 Å². The molecule has 1 amide bonds. The number of nitrogens with zero attached hydrogens (tertiary/aromatic N) is 4. The monoisotopic (exact) mass is 350 g/mol. The van der Waals surface area contributed by atoms with Crippen molar-refractivity contribution in [2.24, 2.45) is 4.99 Å². The first kappa shape index (κ1) is 18.6. The second kappa shape index (κ2) is 8.38. The fourth-order valence-electron chi connectivity index (χ4n) is 3.10. The van der Waals surface area contributed by atoms with Crippen LogP contribution in [0.1, 0.15) is 19.4 Å². The summed E-state index contributed by atoms with van der Waals surface area (Å²) in [5.74, 6) is 1.15. The summed E-state index contributed by atoms with van der Waals surface area (Å²) in [7, 11) is 4.02. The van der Waals surface area contributed by atoms with Gasteiger partial charge in [0.05, 0.1) is 6.42 Å². The average molecular weight is 351 g/mol. The number of aliphatic imine (C=N–C) groups is 1. The van der Waals surface area contributed by atoms with Crippen LogP contribution in [0.3, 0.4) is 0 Å². The summed E-state index contributed by atoms with van der Waals surface area (Å²) in [6, 6.07) is 7.68. The van der Waals surface area contributed by atoms with E-state index in [1.165, 1.54) is 0 Å². The van der Waals surface area contributed by atoms with E-state index in [9.17, 15) is 4.79 Å². The van der Waals surface area contributed by atoms with Gasteiger partial charge in [-0.2, -0.15) is 0 Å². The fraction of sp³-hybridized carbons (Fsp3) is 0.556. The summed E-state index contributed by atoms with van der Waals surface area (Å²) >= 11 is 6.01. The van der Waals surface area contributed by atoms with Crippen LogP contribution in [-0.2, 0) is 11.2 Å². The van der Waals surface area contributed by atoms with Gasteiger partial charge in [0.25, 0.3) is 0 Å². The molecule has 2 rings (SSSR count). The van der Waals surface area contributed by atoms with E-state index < -0.39 is 0 Å². The molecule has 1 atom stereocenters. The van der Waals surface area contributed by atoms with E-state index in [2.05, 4.69) is 16.8 Å². The molecule has 132 valence electrons. The maximum atomic E-state index is 12.6. The van der Waals surface area contributed by atoms with Gasteiger partial charge in [0.2, 0.25) is 5.91 Å². The molecule has 1 heterocycles. The highest BCUT2D eigenvalue weighted by molar-refractivity contribution is 6.30. The Kier molecular flexibility index (Phi) is 6.49. The molecule has 1 unspecified atom stereocenters. The molecule has 0 bridgehead atoms. The summed E-state index contributed by atoms with van der Waals surface area (Å²) in [6.07, 6.45) is 0.397. The number of rotatable bonds is 3. The van der Waals surface area contributed by atoms with Crippen LogP contribution in [-0.4, -0.2) is 72.9 Å². The summed E-state index contributed by atoms with van der Waals surface area (Å²) in [4.78, 5) is 23.5. The van der Waals surface area contributed by atoms with E-state index in [1.54, 1.807) is 0 Å². The molecule has 1 aliphatic rings. The number of amides is 1. The number of benzene rings is 1. The zero-order valence-corrected chi connectivity index (χ0v) is 15.8. The molecule has 1 aromatic carbocycles. The third-order valence-corrected chi connectivity index (χ3v) is 4.41. The molecule has 1 fully saturated rings. The number of carbonyl (C=O) groups is 1. The van der Waals surface area contributed by atoms with Gasteiger partial charge in [-0.3, -0.25) is 9.79 Å². The SMILES string of the molecule is CCN=C(N(C)C)N1CCN(C(=O)Cc2cccc(Cl)c2)C(C)C1. The third kappa shape index (κ3) is 4.63. The number of carbonyl (C=O) groups excluding carboxylic acids is 1. The minimum absolute atomic E-state index is 0.156. The number of piperazine rings is 1. The second-order valence-corrected chi connectivity index (χ2v) is 6.79. The molecular weight excluding hydrogens is 324 g/mol. The van der Waals surface area contributed by atoms with E-state index in [1.807, 2.05) is 55.1 Å². The zero-order valence-electron chi connectivity index (χ0n) is 15.0. The Morgan fingerprint density at radius 3 is 2.71 bits per heavy atom. The predicted molar refractivity (Wildman–Crippen MR) is 99.6 cm³/mol. The van der Waals surface area contributed by atoms with Crippen LogP contribution in [0.5, 0.6) is 0 Å². The molecule has 24 heavy (non-hydrogen) atoms. The summed E-state index contributed by atoms with van der Waals surface area (Å²) in [6.45, 7) is 7.23. The van der Waals surface area contributed by atoms with Gasteiger partial charge in [-0.25, -0.2) is 0 Å². The second-order valence-electron chi connectivity index (χ2n) is 6.36. The molecular formula is C18H27ClN4O.